The highest BCUT2D eigenvalue weighted by Crippen LogP contribution is 2.27. The number of para-hydroxylation sites is 1. The lowest BCUT2D eigenvalue weighted by molar-refractivity contribution is -0.121. The number of carbonyl (C=O) groups is 2. The van der Waals surface area contributed by atoms with Crippen molar-refractivity contribution >= 4 is 17.6 Å². The van der Waals surface area contributed by atoms with Crippen molar-refractivity contribution in [3.8, 4) is 5.75 Å². The Kier molecular flexibility index (Phi) is 4.97. The average Bonchev–Trinajstić information content (AvgIpc) is 2.65. The highest BCUT2D eigenvalue weighted by atomic mass is 19.1. The molecule has 1 heterocycles. The highest BCUT2D eigenvalue weighted by molar-refractivity contribution is 5.98. The van der Waals surface area contributed by atoms with Crippen LogP contribution in [0.4, 0.5) is 10.1 Å². The molecular formula is C19H18FNO4. The van der Waals surface area contributed by atoms with E-state index in [1.807, 2.05) is 24.3 Å². The van der Waals surface area contributed by atoms with Gasteiger partial charge in [-0.2, -0.15) is 0 Å². The number of nitrogens with zero attached hydrogens (tertiary/aromatic N) is 1. The largest absolute Gasteiger partial charge is 0.496 e. The van der Waals surface area contributed by atoms with Crippen molar-refractivity contribution in [2.24, 2.45) is 0 Å². The van der Waals surface area contributed by atoms with E-state index in [0.29, 0.717) is 6.54 Å². The van der Waals surface area contributed by atoms with Crippen LogP contribution in [-0.2, 0) is 16.0 Å². The molecule has 0 radical (unpaired) electrons. The molecule has 5 nitrogen and oxygen atoms in total. The monoisotopic (exact) mass is 343 g/mol. The fourth-order valence-corrected chi connectivity index (χ4v) is 2.92. The number of methoxy groups -OCH3 is 1. The lowest BCUT2D eigenvalue weighted by Crippen LogP contribution is -2.38. The van der Waals surface area contributed by atoms with Gasteiger partial charge in [0, 0.05) is 12.2 Å². The molecule has 2 aromatic rings. The van der Waals surface area contributed by atoms with Crippen LogP contribution in [0.25, 0.3) is 0 Å². The highest BCUT2D eigenvalue weighted by Gasteiger charge is 2.24. The molecule has 0 unspecified atom stereocenters. The molecule has 0 saturated carbocycles. The van der Waals surface area contributed by atoms with Gasteiger partial charge in [-0.3, -0.25) is 4.79 Å². The molecule has 0 aromatic heterocycles. The minimum Gasteiger partial charge on any atom is -0.496 e. The second-order valence-corrected chi connectivity index (χ2v) is 5.70. The number of anilines is 1. The van der Waals surface area contributed by atoms with Gasteiger partial charge in [0.05, 0.1) is 7.11 Å². The number of rotatable bonds is 4. The number of carbonyl (C=O) groups excluding carboxylic acids is 2. The van der Waals surface area contributed by atoms with Crippen molar-refractivity contribution in [1.82, 2.24) is 0 Å². The van der Waals surface area contributed by atoms with Crippen molar-refractivity contribution in [2.75, 3.05) is 25.2 Å². The van der Waals surface area contributed by atoms with Crippen molar-refractivity contribution < 1.29 is 23.5 Å². The third-order valence-corrected chi connectivity index (χ3v) is 4.12. The first-order chi connectivity index (χ1) is 12.1. The summed E-state index contributed by atoms with van der Waals surface area (Å²) in [6.07, 6.45) is 1.77. The molecule has 0 atom stereocenters. The molecule has 0 aliphatic carbocycles. The Morgan fingerprint density at radius 1 is 1.20 bits per heavy atom. The van der Waals surface area contributed by atoms with E-state index in [1.54, 1.807) is 4.90 Å². The minimum absolute atomic E-state index is 0.0469. The number of amides is 1. The zero-order valence-electron chi connectivity index (χ0n) is 13.8. The third-order valence-electron chi connectivity index (χ3n) is 4.12. The number of fused-ring (bicyclic) bond motifs is 1. The molecule has 25 heavy (non-hydrogen) atoms. The van der Waals surface area contributed by atoms with E-state index in [9.17, 15) is 14.0 Å². The van der Waals surface area contributed by atoms with Crippen LogP contribution < -0.4 is 9.64 Å². The predicted octanol–water partition coefficient (Wildman–Crippen LogP) is 2.97. The van der Waals surface area contributed by atoms with Gasteiger partial charge >= 0.3 is 5.97 Å². The van der Waals surface area contributed by atoms with E-state index in [1.165, 1.54) is 19.2 Å². The molecule has 0 spiro atoms. The number of hydrogen-bond acceptors (Lipinski definition) is 4. The molecular weight excluding hydrogens is 325 g/mol. The fourth-order valence-electron chi connectivity index (χ4n) is 2.92. The average molecular weight is 343 g/mol. The second kappa shape index (κ2) is 7.34. The van der Waals surface area contributed by atoms with Crippen LogP contribution in [0.5, 0.6) is 5.75 Å². The smallest absolute Gasteiger partial charge is 0.342 e. The van der Waals surface area contributed by atoms with Gasteiger partial charge in [-0.05, 0) is 42.7 Å². The SMILES string of the molecule is COc1ccc(F)cc1C(=O)OCC(=O)N1CCCc2ccccc21. The van der Waals surface area contributed by atoms with Crippen LogP contribution in [0.1, 0.15) is 22.3 Å². The van der Waals surface area contributed by atoms with Crippen LogP contribution in [0, 0.1) is 5.82 Å². The summed E-state index contributed by atoms with van der Waals surface area (Å²) in [5.74, 6) is -1.49. The van der Waals surface area contributed by atoms with Crippen LogP contribution >= 0.6 is 0 Å². The van der Waals surface area contributed by atoms with E-state index in [2.05, 4.69) is 0 Å². The van der Waals surface area contributed by atoms with Gasteiger partial charge < -0.3 is 14.4 Å². The predicted molar refractivity (Wildman–Crippen MR) is 90.4 cm³/mol. The molecule has 1 aliphatic heterocycles. The van der Waals surface area contributed by atoms with Gasteiger partial charge in [-0.25, -0.2) is 9.18 Å². The molecule has 0 bridgehead atoms. The first-order valence-corrected chi connectivity index (χ1v) is 7.99. The second-order valence-electron chi connectivity index (χ2n) is 5.70. The molecule has 6 heteroatoms. The molecule has 0 saturated heterocycles. The van der Waals surface area contributed by atoms with Gasteiger partial charge in [0.15, 0.2) is 6.61 Å². The van der Waals surface area contributed by atoms with Crippen LogP contribution in [0.15, 0.2) is 42.5 Å². The molecule has 0 fully saturated rings. The maximum atomic E-state index is 13.4. The van der Waals surface area contributed by atoms with Gasteiger partial charge in [0.25, 0.3) is 5.91 Å². The van der Waals surface area contributed by atoms with Gasteiger partial charge in [0.1, 0.15) is 17.1 Å². The Morgan fingerprint density at radius 3 is 2.80 bits per heavy atom. The summed E-state index contributed by atoms with van der Waals surface area (Å²) >= 11 is 0. The summed E-state index contributed by atoms with van der Waals surface area (Å²) in [7, 11) is 1.37. The summed E-state index contributed by atoms with van der Waals surface area (Å²) < 4.78 is 23.5. The fraction of sp³-hybridized carbons (Fsp3) is 0.263. The van der Waals surface area contributed by atoms with E-state index < -0.39 is 18.4 Å². The number of ether oxygens (including phenoxy) is 2. The zero-order valence-corrected chi connectivity index (χ0v) is 13.8. The van der Waals surface area contributed by atoms with Crippen molar-refractivity contribution in [3.05, 3.63) is 59.4 Å². The summed E-state index contributed by atoms with van der Waals surface area (Å²) in [4.78, 5) is 26.3. The Hall–Kier alpha value is -2.89. The minimum atomic E-state index is -0.796. The van der Waals surface area contributed by atoms with Crippen molar-refractivity contribution in [3.63, 3.8) is 0 Å². The standard InChI is InChI=1S/C19H18FNO4/c1-24-17-9-8-14(20)11-15(17)19(23)25-12-18(22)21-10-4-6-13-5-2-3-7-16(13)21/h2-3,5,7-9,11H,4,6,10,12H2,1H3. The van der Waals surface area contributed by atoms with Gasteiger partial charge in [-0.15, -0.1) is 0 Å². The Morgan fingerprint density at radius 2 is 2.00 bits per heavy atom. The first kappa shape index (κ1) is 17.0. The third kappa shape index (κ3) is 3.63. The summed E-state index contributed by atoms with van der Waals surface area (Å²) in [6.45, 7) is 0.170. The van der Waals surface area contributed by atoms with Crippen LogP contribution in [0.3, 0.4) is 0 Å². The lowest BCUT2D eigenvalue weighted by atomic mass is 10.0. The summed E-state index contributed by atoms with van der Waals surface area (Å²) in [5, 5.41) is 0. The quantitative estimate of drug-likeness (QED) is 0.801. The molecule has 3 rings (SSSR count). The lowest BCUT2D eigenvalue weighted by Gasteiger charge is -2.29. The summed E-state index contributed by atoms with van der Waals surface area (Å²) in [6, 6.07) is 11.2. The molecule has 1 aliphatic rings. The Bertz CT molecular complexity index is 806. The number of hydrogen-bond donors (Lipinski definition) is 0. The van der Waals surface area contributed by atoms with E-state index in [-0.39, 0.29) is 17.2 Å². The normalized spacial score (nSPS) is 13.1. The number of benzene rings is 2. The van der Waals surface area contributed by atoms with E-state index in [4.69, 9.17) is 9.47 Å². The topological polar surface area (TPSA) is 55.8 Å². The Balaban J connectivity index is 1.69. The molecule has 2 aromatic carbocycles. The van der Waals surface area contributed by atoms with Crippen molar-refractivity contribution in [1.29, 1.82) is 0 Å². The maximum Gasteiger partial charge on any atom is 0.342 e. The molecule has 1 amide bonds. The van der Waals surface area contributed by atoms with Crippen molar-refractivity contribution in [2.45, 2.75) is 12.8 Å². The van der Waals surface area contributed by atoms with Crippen LogP contribution in [-0.4, -0.2) is 32.1 Å². The number of esters is 1. The number of aryl methyl sites for hydroxylation is 1. The zero-order chi connectivity index (χ0) is 17.8. The first-order valence-electron chi connectivity index (χ1n) is 7.99. The maximum absolute atomic E-state index is 13.4. The summed E-state index contributed by atoms with van der Waals surface area (Å²) in [5.41, 5.74) is 1.90. The van der Waals surface area contributed by atoms with Crippen LogP contribution in [0.2, 0.25) is 0 Å². The molecule has 130 valence electrons. The van der Waals surface area contributed by atoms with Gasteiger partial charge in [0.2, 0.25) is 0 Å². The Labute approximate surface area is 145 Å². The number of halogens is 1. The van der Waals surface area contributed by atoms with E-state index in [0.717, 1.165) is 30.2 Å². The molecule has 0 N–H and O–H groups in total. The van der Waals surface area contributed by atoms with Gasteiger partial charge in [-0.1, -0.05) is 18.2 Å². The van der Waals surface area contributed by atoms with E-state index >= 15 is 0 Å².